The molecule has 0 N–H and O–H groups in total. The molecule has 1 saturated carbocycles. The molecule has 2 unspecified atom stereocenters. The molecule has 0 amide bonds. The first-order chi connectivity index (χ1) is 9.29. The van der Waals surface area contributed by atoms with Crippen molar-refractivity contribution in [3.05, 3.63) is 28.8 Å². The van der Waals surface area contributed by atoms with E-state index in [1.807, 2.05) is 12.1 Å². The summed E-state index contributed by atoms with van der Waals surface area (Å²) >= 11 is 6.10. The zero-order valence-corrected chi connectivity index (χ0v) is 11.6. The Labute approximate surface area is 118 Å². The van der Waals surface area contributed by atoms with E-state index in [1.54, 1.807) is 6.07 Å². The van der Waals surface area contributed by atoms with Crippen molar-refractivity contribution in [1.29, 1.82) is 5.26 Å². The number of fused-ring (bicyclic) bond motifs is 1. The Morgan fingerprint density at radius 1 is 1.32 bits per heavy atom. The van der Waals surface area contributed by atoms with Gasteiger partial charge in [0, 0.05) is 11.6 Å². The average Bonchev–Trinajstić information content (AvgIpc) is 2.46. The third kappa shape index (κ3) is 2.43. The lowest BCUT2D eigenvalue weighted by atomic mass is 9.89. The molecule has 3 nitrogen and oxygen atoms in total. The predicted molar refractivity (Wildman–Crippen MR) is 75.5 cm³/mol. The highest BCUT2D eigenvalue weighted by Gasteiger charge is 2.35. The summed E-state index contributed by atoms with van der Waals surface area (Å²) in [4.78, 5) is 2.33. The number of morpholine rings is 1. The van der Waals surface area contributed by atoms with E-state index in [4.69, 9.17) is 16.3 Å². The molecule has 100 valence electrons. The number of anilines is 1. The highest BCUT2D eigenvalue weighted by atomic mass is 35.5. The summed E-state index contributed by atoms with van der Waals surface area (Å²) in [5.41, 5.74) is 1.67. The van der Waals surface area contributed by atoms with Crippen molar-refractivity contribution in [3.63, 3.8) is 0 Å². The molecule has 0 bridgehead atoms. The van der Waals surface area contributed by atoms with E-state index in [2.05, 4.69) is 11.0 Å². The van der Waals surface area contributed by atoms with Crippen LogP contribution in [0.1, 0.15) is 31.2 Å². The monoisotopic (exact) mass is 276 g/mol. The maximum absolute atomic E-state index is 9.29. The fourth-order valence-corrected chi connectivity index (χ4v) is 3.40. The molecule has 2 aliphatic rings. The Kier molecular flexibility index (Phi) is 3.63. The molecular formula is C15H17ClN2O. The van der Waals surface area contributed by atoms with Crippen molar-refractivity contribution in [3.8, 4) is 6.07 Å². The first-order valence-electron chi connectivity index (χ1n) is 6.87. The number of hydrogen-bond donors (Lipinski definition) is 0. The van der Waals surface area contributed by atoms with Gasteiger partial charge in [0.1, 0.15) is 6.07 Å². The van der Waals surface area contributed by atoms with Crippen LogP contribution in [0, 0.1) is 11.3 Å². The molecular weight excluding hydrogens is 260 g/mol. The van der Waals surface area contributed by atoms with Gasteiger partial charge in [0.05, 0.1) is 30.0 Å². The van der Waals surface area contributed by atoms with Crippen LogP contribution in [-0.4, -0.2) is 25.3 Å². The molecule has 2 fully saturated rings. The van der Waals surface area contributed by atoms with Gasteiger partial charge in [0.25, 0.3) is 0 Å². The van der Waals surface area contributed by atoms with Crippen LogP contribution in [0.4, 0.5) is 5.69 Å². The van der Waals surface area contributed by atoms with Gasteiger partial charge in [-0.05, 0) is 31.0 Å². The SMILES string of the molecule is N#Cc1ccc(Cl)cc1N1CCOC2CCCCC21. The van der Waals surface area contributed by atoms with Crippen molar-refractivity contribution in [2.24, 2.45) is 0 Å². The molecule has 0 radical (unpaired) electrons. The number of halogens is 1. The predicted octanol–water partition coefficient (Wildman–Crippen LogP) is 3.36. The van der Waals surface area contributed by atoms with E-state index < -0.39 is 0 Å². The molecule has 1 heterocycles. The highest BCUT2D eigenvalue weighted by Crippen LogP contribution is 2.34. The second-order valence-corrected chi connectivity index (χ2v) is 5.66. The average molecular weight is 277 g/mol. The van der Waals surface area contributed by atoms with Gasteiger partial charge in [0.15, 0.2) is 0 Å². The largest absolute Gasteiger partial charge is 0.374 e. The third-order valence-electron chi connectivity index (χ3n) is 4.12. The van der Waals surface area contributed by atoms with Crippen molar-refractivity contribution >= 4 is 17.3 Å². The molecule has 2 atom stereocenters. The molecule has 1 aliphatic carbocycles. The summed E-state index contributed by atoms with van der Waals surface area (Å²) in [6, 6.07) is 8.18. The molecule has 0 spiro atoms. The smallest absolute Gasteiger partial charge is 0.101 e. The summed E-state index contributed by atoms with van der Waals surface area (Å²) in [6.07, 6.45) is 5.07. The van der Waals surface area contributed by atoms with Crippen molar-refractivity contribution < 1.29 is 4.74 Å². The Morgan fingerprint density at radius 2 is 2.16 bits per heavy atom. The summed E-state index contributed by atoms with van der Waals surface area (Å²) in [6.45, 7) is 1.58. The zero-order valence-electron chi connectivity index (χ0n) is 10.8. The van der Waals surface area contributed by atoms with Gasteiger partial charge in [-0.25, -0.2) is 0 Å². The van der Waals surface area contributed by atoms with Gasteiger partial charge in [-0.2, -0.15) is 5.26 Å². The van der Waals surface area contributed by atoms with E-state index in [0.717, 1.165) is 31.7 Å². The van der Waals surface area contributed by atoms with Crippen LogP contribution >= 0.6 is 11.6 Å². The Hall–Kier alpha value is -1.24. The van der Waals surface area contributed by atoms with E-state index in [9.17, 15) is 5.26 Å². The molecule has 1 aromatic rings. The number of rotatable bonds is 1. The topological polar surface area (TPSA) is 36.3 Å². The Morgan fingerprint density at radius 3 is 3.00 bits per heavy atom. The van der Waals surface area contributed by atoms with Crippen LogP contribution in [0.15, 0.2) is 18.2 Å². The lowest BCUT2D eigenvalue weighted by molar-refractivity contribution is -0.00869. The lowest BCUT2D eigenvalue weighted by Gasteiger charge is -2.45. The highest BCUT2D eigenvalue weighted by molar-refractivity contribution is 6.30. The van der Waals surface area contributed by atoms with Gasteiger partial charge in [-0.1, -0.05) is 24.4 Å². The molecule has 1 aromatic carbocycles. The normalized spacial score (nSPS) is 26.6. The minimum Gasteiger partial charge on any atom is -0.374 e. The number of ether oxygens (including phenoxy) is 1. The summed E-state index contributed by atoms with van der Waals surface area (Å²) in [5, 5.41) is 9.97. The summed E-state index contributed by atoms with van der Waals surface area (Å²) < 4.78 is 5.88. The second-order valence-electron chi connectivity index (χ2n) is 5.23. The van der Waals surface area contributed by atoms with Gasteiger partial charge in [0.2, 0.25) is 0 Å². The maximum atomic E-state index is 9.29. The summed E-state index contributed by atoms with van der Waals surface area (Å²) in [5.74, 6) is 0. The van der Waals surface area contributed by atoms with Crippen LogP contribution in [0.25, 0.3) is 0 Å². The van der Waals surface area contributed by atoms with Crippen LogP contribution in [0.5, 0.6) is 0 Å². The van der Waals surface area contributed by atoms with Crippen LogP contribution < -0.4 is 4.90 Å². The van der Waals surface area contributed by atoms with Crippen LogP contribution in [-0.2, 0) is 4.74 Å². The van der Waals surface area contributed by atoms with Gasteiger partial charge >= 0.3 is 0 Å². The summed E-state index contributed by atoms with van der Waals surface area (Å²) in [7, 11) is 0. The minimum atomic E-state index is 0.313. The number of hydrogen-bond acceptors (Lipinski definition) is 3. The molecule has 1 saturated heterocycles. The molecule has 4 heteroatoms. The lowest BCUT2D eigenvalue weighted by Crippen LogP contribution is -2.53. The van der Waals surface area contributed by atoms with Crippen molar-refractivity contribution in [1.82, 2.24) is 0 Å². The maximum Gasteiger partial charge on any atom is 0.101 e. The zero-order chi connectivity index (χ0) is 13.2. The van der Waals surface area contributed by atoms with Crippen LogP contribution in [0.3, 0.4) is 0 Å². The molecule has 19 heavy (non-hydrogen) atoms. The van der Waals surface area contributed by atoms with E-state index >= 15 is 0 Å². The Balaban J connectivity index is 1.96. The number of benzene rings is 1. The number of nitriles is 1. The molecule has 0 aromatic heterocycles. The first-order valence-corrected chi connectivity index (χ1v) is 7.25. The molecule has 3 rings (SSSR count). The van der Waals surface area contributed by atoms with Gasteiger partial charge in [-0.15, -0.1) is 0 Å². The van der Waals surface area contributed by atoms with Gasteiger partial charge < -0.3 is 9.64 Å². The van der Waals surface area contributed by atoms with Crippen molar-refractivity contribution in [2.45, 2.75) is 37.8 Å². The quantitative estimate of drug-likeness (QED) is 0.789. The minimum absolute atomic E-state index is 0.313. The second kappa shape index (κ2) is 5.40. The molecule has 1 aliphatic heterocycles. The first kappa shape index (κ1) is 12.8. The van der Waals surface area contributed by atoms with E-state index in [-0.39, 0.29) is 0 Å². The fourth-order valence-electron chi connectivity index (χ4n) is 3.23. The van der Waals surface area contributed by atoms with Crippen LogP contribution in [0.2, 0.25) is 5.02 Å². The van der Waals surface area contributed by atoms with Crippen molar-refractivity contribution in [2.75, 3.05) is 18.1 Å². The van der Waals surface area contributed by atoms with Gasteiger partial charge in [-0.3, -0.25) is 0 Å². The van der Waals surface area contributed by atoms with E-state index in [1.165, 1.54) is 12.8 Å². The fraction of sp³-hybridized carbons (Fsp3) is 0.533. The third-order valence-corrected chi connectivity index (χ3v) is 4.36. The standard InChI is InChI=1S/C15H17ClN2O/c16-12-6-5-11(10-17)14(9-12)18-7-8-19-15-4-2-1-3-13(15)18/h5-6,9,13,15H,1-4,7-8H2. The number of nitrogens with zero attached hydrogens (tertiary/aromatic N) is 2. The Bertz CT molecular complexity index is 509. The van der Waals surface area contributed by atoms with E-state index in [0.29, 0.717) is 22.7 Å².